The summed E-state index contributed by atoms with van der Waals surface area (Å²) in [6, 6.07) is -1.04. The Labute approximate surface area is 121 Å². The van der Waals surface area contributed by atoms with Gasteiger partial charge in [0.2, 0.25) is 0 Å². The molecular weight excluding hydrogens is 256 g/mol. The normalized spacial score (nSPS) is 24.5. The van der Waals surface area contributed by atoms with Crippen molar-refractivity contribution in [1.29, 1.82) is 0 Å². The largest absolute Gasteiger partial charge is 0.480 e. The van der Waals surface area contributed by atoms with Crippen molar-refractivity contribution >= 4 is 12.0 Å². The Balaban J connectivity index is 2.57. The van der Waals surface area contributed by atoms with Crippen LogP contribution in [0.4, 0.5) is 4.79 Å². The van der Waals surface area contributed by atoms with Crippen LogP contribution in [0.15, 0.2) is 0 Å². The highest BCUT2D eigenvalue weighted by molar-refractivity contribution is 5.82. The lowest BCUT2D eigenvalue weighted by Gasteiger charge is -2.35. The van der Waals surface area contributed by atoms with Crippen LogP contribution in [0.25, 0.3) is 0 Å². The minimum absolute atomic E-state index is 0.134. The summed E-state index contributed by atoms with van der Waals surface area (Å²) in [6.45, 7) is 7.93. The van der Waals surface area contributed by atoms with Gasteiger partial charge in [-0.25, -0.2) is 9.59 Å². The summed E-state index contributed by atoms with van der Waals surface area (Å²) in [6.07, 6.45) is 4.46. The number of hydrogen-bond donors (Lipinski definition) is 3. The summed E-state index contributed by atoms with van der Waals surface area (Å²) >= 11 is 0. The van der Waals surface area contributed by atoms with E-state index in [1.165, 1.54) is 6.42 Å². The summed E-state index contributed by atoms with van der Waals surface area (Å²) in [4.78, 5) is 23.1. The summed E-state index contributed by atoms with van der Waals surface area (Å²) < 4.78 is 0. The Bertz CT molecular complexity index is 342. The number of urea groups is 1. The molecule has 1 rings (SSSR count). The van der Waals surface area contributed by atoms with Crippen LogP contribution in [0.5, 0.6) is 0 Å². The van der Waals surface area contributed by atoms with Crippen LogP contribution >= 0.6 is 0 Å². The second-order valence-electron chi connectivity index (χ2n) is 6.48. The molecule has 0 aromatic carbocycles. The second kappa shape index (κ2) is 7.50. The molecule has 0 spiro atoms. The quantitative estimate of drug-likeness (QED) is 0.726. The van der Waals surface area contributed by atoms with Crippen LogP contribution in [0.1, 0.15) is 53.4 Å². The Morgan fingerprint density at radius 1 is 1.10 bits per heavy atom. The van der Waals surface area contributed by atoms with E-state index >= 15 is 0 Å². The van der Waals surface area contributed by atoms with Crippen LogP contribution in [0, 0.1) is 17.8 Å². The predicted octanol–water partition coefficient (Wildman–Crippen LogP) is 2.61. The van der Waals surface area contributed by atoms with Gasteiger partial charge in [-0.1, -0.05) is 40.5 Å². The van der Waals surface area contributed by atoms with Crippen molar-refractivity contribution in [2.45, 2.75) is 65.5 Å². The number of carbonyl (C=O) groups is 2. The molecule has 0 saturated heterocycles. The van der Waals surface area contributed by atoms with Crippen LogP contribution in [-0.4, -0.2) is 29.2 Å². The van der Waals surface area contributed by atoms with E-state index in [9.17, 15) is 9.59 Å². The zero-order valence-corrected chi connectivity index (χ0v) is 13.0. The minimum atomic E-state index is -0.987. The van der Waals surface area contributed by atoms with Gasteiger partial charge in [0.05, 0.1) is 0 Å². The van der Waals surface area contributed by atoms with Gasteiger partial charge in [-0.3, -0.25) is 0 Å². The molecule has 20 heavy (non-hydrogen) atoms. The molecule has 1 aliphatic carbocycles. The van der Waals surface area contributed by atoms with E-state index in [0.717, 1.165) is 19.3 Å². The van der Waals surface area contributed by atoms with E-state index in [1.807, 2.05) is 0 Å². The first kappa shape index (κ1) is 16.8. The van der Waals surface area contributed by atoms with Crippen LogP contribution < -0.4 is 10.6 Å². The summed E-state index contributed by atoms with van der Waals surface area (Å²) in [7, 11) is 0. The third kappa shape index (κ3) is 4.69. The van der Waals surface area contributed by atoms with Crippen molar-refractivity contribution in [3.05, 3.63) is 0 Å². The molecule has 0 aliphatic heterocycles. The van der Waals surface area contributed by atoms with Crippen molar-refractivity contribution in [1.82, 2.24) is 10.6 Å². The van der Waals surface area contributed by atoms with Gasteiger partial charge in [-0.15, -0.1) is 0 Å². The Morgan fingerprint density at radius 3 is 2.20 bits per heavy atom. The second-order valence-corrected chi connectivity index (χ2v) is 6.48. The Hall–Kier alpha value is -1.26. The van der Waals surface area contributed by atoms with E-state index in [1.54, 1.807) is 13.8 Å². The Kier molecular flexibility index (Phi) is 6.30. The Morgan fingerprint density at radius 2 is 1.70 bits per heavy atom. The maximum Gasteiger partial charge on any atom is 0.326 e. The molecule has 3 N–H and O–H groups in total. The molecule has 0 radical (unpaired) electrons. The molecule has 0 aromatic rings. The molecule has 3 atom stereocenters. The smallest absolute Gasteiger partial charge is 0.326 e. The number of hydrogen-bond acceptors (Lipinski definition) is 2. The highest BCUT2D eigenvalue weighted by Gasteiger charge is 2.30. The predicted molar refractivity (Wildman–Crippen MR) is 78.5 cm³/mol. The zero-order chi connectivity index (χ0) is 15.3. The standard InChI is InChI=1S/C15H28N2O3/c1-9(2)11-7-5-6-8-12(11)16-15(20)17-13(10(3)4)14(18)19/h9-13H,5-8H2,1-4H3,(H,18,19)(H2,16,17,20)/t11?,12?,13-/m0/s1. The molecule has 2 unspecified atom stereocenters. The number of rotatable bonds is 5. The summed E-state index contributed by atoms with van der Waals surface area (Å²) in [5.74, 6) is -0.109. The molecule has 1 aliphatic rings. The molecule has 0 bridgehead atoms. The maximum absolute atomic E-state index is 12.0. The van der Waals surface area contributed by atoms with E-state index in [4.69, 9.17) is 5.11 Å². The van der Waals surface area contributed by atoms with Gasteiger partial charge in [-0.2, -0.15) is 0 Å². The van der Waals surface area contributed by atoms with E-state index in [0.29, 0.717) is 11.8 Å². The molecule has 2 amide bonds. The monoisotopic (exact) mass is 284 g/mol. The van der Waals surface area contributed by atoms with Gasteiger partial charge in [0, 0.05) is 6.04 Å². The summed E-state index contributed by atoms with van der Waals surface area (Å²) in [5, 5.41) is 14.6. The molecule has 1 fully saturated rings. The fraction of sp³-hybridized carbons (Fsp3) is 0.867. The van der Waals surface area contributed by atoms with Gasteiger partial charge in [0.25, 0.3) is 0 Å². The first-order valence-corrected chi connectivity index (χ1v) is 7.62. The number of carboxylic acid groups (broad SMARTS) is 1. The van der Waals surface area contributed by atoms with E-state index < -0.39 is 12.0 Å². The van der Waals surface area contributed by atoms with Gasteiger partial charge >= 0.3 is 12.0 Å². The summed E-state index contributed by atoms with van der Waals surface area (Å²) in [5.41, 5.74) is 0. The average molecular weight is 284 g/mol. The SMILES string of the molecule is CC(C)C1CCCCC1NC(=O)N[C@H](C(=O)O)C(C)C. The van der Waals surface area contributed by atoms with Crippen molar-refractivity contribution < 1.29 is 14.7 Å². The number of carboxylic acids is 1. The third-order valence-corrected chi connectivity index (χ3v) is 4.21. The molecule has 116 valence electrons. The van der Waals surface area contributed by atoms with E-state index in [2.05, 4.69) is 24.5 Å². The molecule has 5 heteroatoms. The fourth-order valence-electron chi connectivity index (χ4n) is 3.00. The number of aliphatic carboxylic acids is 1. The molecule has 0 aromatic heterocycles. The van der Waals surface area contributed by atoms with Crippen molar-refractivity contribution in [2.75, 3.05) is 0 Å². The molecular formula is C15H28N2O3. The lowest BCUT2D eigenvalue weighted by atomic mass is 9.78. The number of carbonyl (C=O) groups excluding carboxylic acids is 1. The van der Waals surface area contributed by atoms with Crippen molar-refractivity contribution in [2.24, 2.45) is 17.8 Å². The topological polar surface area (TPSA) is 78.4 Å². The highest BCUT2D eigenvalue weighted by Crippen LogP contribution is 2.30. The van der Waals surface area contributed by atoms with Gasteiger partial charge in [0.15, 0.2) is 0 Å². The lowest BCUT2D eigenvalue weighted by Crippen LogP contribution is -2.53. The first-order chi connectivity index (χ1) is 9.32. The number of nitrogens with one attached hydrogen (secondary N) is 2. The van der Waals surface area contributed by atoms with Crippen LogP contribution in [0.3, 0.4) is 0 Å². The maximum atomic E-state index is 12.0. The van der Waals surface area contributed by atoms with Crippen LogP contribution in [0.2, 0.25) is 0 Å². The molecule has 5 nitrogen and oxygen atoms in total. The highest BCUT2D eigenvalue weighted by atomic mass is 16.4. The van der Waals surface area contributed by atoms with E-state index in [-0.39, 0.29) is 18.0 Å². The molecule has 1 saturated carbocycles. The lowest BCUT2D eigenvalue weighted by molar-refractivity contribution is -0.140. The van der Waals surface area contributed by atoms with Gasteiger partial charge in [0.1, 0.15) is 6.04 Å². The van der Waals surface area contributed by atoms with Gasteiger partial charge < -0.3 is 15.7 Å². The molecule has 0 heterocycles. The third-order valence-electron chi connectivity index (χ3n) is 4.21. The van der Waals surface area contributed by atoms with Crippen LogP contribution in [-0.2, 0) is 4.79 Å². The van der Waals surface area contributed by atoms with Crippen molar-refractivity contribution in [3.8, 4) is 0 Å². The average Bonchev–Trinajstić information content (AvgIpc) is 2.35. The number of amides is 2. The fourth-order valence-corrected chi connectivity index (χ4v) is 3.00. The minimum Gasteiger partial charge on any atom is -0.480 e. The first-order valence-electron chi connectivity index (χ1n) is 7.62. The zero-order valence-electron chi connectivity index (χ0n) is 13.0. The van der Waals surface area contributed by atoms with Crippen molar-refractivity contribution in [3.63, 3.8) is 0 Å². The van der Waals surface area contributed by atoms with Gasteiger partial charge in [-0.05, 0) is 30.6 Å².